The normalized spacial score (nSPS) is 12.8. The van der Waals surface area contributed by atoms with Crippen molar-refractivity contribution in [2.45, 2.75) is 32.0 Å². The monoisotopic (exact) mass is 339 g/mol. The minimum absolute atomic E-state index is 0.490. The van der Waals surface area contributed by atoms with E-state index < -0.39 is 6.23 Å². The molecule has 0 saturated heterocycles. The van der Waals surface area contributed by atoms with Crippen LogP contribution in [0, 0.1) is 0 Å². The molecule has 4 N–H and O–H groups in total. The molecule has 0 radical (unpaired) electrons. The zero-order chi connectivity index (χ0) is 17.5. The summed E-state index contributed by atoms with van der Waals surface area (Å²) < 4.78 is 0. The average Bonchev–Trinajstić information content (AvgIpc) is 3.04. The fraction of sp³-hybridized carbons (Fsp3) is 0.368. The van der Waals surface area contributed by atoms with Crippen LogP contribution in [0.25, 0.3) is 11.0 Å². The molecule has 25 heavy (non-hydrogen) atoms. The van der Waals surface area contributed by atoms with Gasteiger partial charge in [0.1, 0.15) is 12.1 Å². The van der Waals surface area contributed by atoms with Crippen LogP contribution in [0.3, 0.4) is 0 Å². The quantitative estimate of drug-likeness (QED) is 0.410. The highest BCUT2D eigenvalue weighted by Crippen LogP contribution is 2.14. The Hall–Kier alpha value is -2.28. The lowest BCUT2D eigenvalue weighted by molar-refractivity contribution is -0.00456. The van der Waals surface area contributed by atoms with Gasteiger partial charge in [-0.2, -0.15) is 0 Å². The Balaban J connectivity index is 1.71. The van der Waals surface area contributed by atoms with E-state index in [4.69, 9.17) is 5.73 Å². The van der Waals surface area contributed by atoms with Crippen molar-refractivity contribution in [3.8, 4) is 0 Å². The van der Waals surface area contributed by atoms with E-state index in [1.54, 1.807) is 6.20 Å². The van der Waals surface area contributed by atoms with Crippen LogP contribution in [0.4, 0.5) is 0 Å². The number of aromatic amines is 1. The van der Waals surface area contributed by atoms with Crippen LogP contribution in [-0.2, 0) is 13.0 Å². The van der Waals surface area contributed by atoms with Gasteiger partial charge in [-0.3, -0.25) is 9.88 Å². The summed E-state index contributed by atoms with van der Waals surface area (Å²) in [6.45, 7) is 1.99. The third kappa shape index (κ3) is 4.85. The van der Waals surface area contributed by atoms with E-state index in [9.17, 15) is 5.11 Å². The lowest BCUT2D eigenvalue weighted by Crippen LogP contribution is -2.37. The molecule has 0 aliphatic heterocycles. The number of nitrogens with zero attached hydrogens (tertiary/aromatic N) is 3. The first kappa shape index (κ1) is 17.5. The fourth-order valence-corrected chi connectivity index (χ4v) is 2.90. The first-order chi connectivity index (χ1) is 12.3. The molecule has 0 aliphatic rings. The number of imidazole rings is 1. The number of aromatic nitrogens is 3. The van der Waals surface area contributed by atoms with Crippen molar-refractivity contribution in [1.82, 2.24) is 19.9 Å². The number of rotatable bonds is 9. The molecule has 0 bridgehead atoms. The number of benzene rings is 1. The lowest BCUT2D eigenvalue weighted by atomic mass is 10.2. The molecule has 6 heteroatoms. The highest BCUT2D eigenvalue weighted by Gasteiger charge is 2.18. The fourth-order valence-electron chi connectivity index (χ4n) is 2.90. The number of H-pyrrole nitrogens is 1. The Kier molecular flexibility index (Phi) is 6.11. The maximum Gasteiger partial charge on any atom is 0.121 e. The van der Waals surface area contributed by atoms with Crippen LogP contribution >= 0.6 is 0 Å². The first-order valence-electron chi connectivity index (χ1n) is 8.72. The molecular formula is C19H25N5O. The molecule has 0 amide bonds. The van der Waals surface area contributed by atoms with Crippen LogP contribution < -0.4 is 5.73 Å². The second-order valence-electron chi connectivity index (χ2n) is 6.17. The Bertz CT molecular complexity index is 741. The predicted molar refractivity (Wildman–Crippen MR) is 98.7 cm³/mol. The van der Waals surface area contributed by atoms with Crippen molar-refractivity contribution in [2.75, 3.05) is 13.1 Å². The summed E-state index contributed by atoms with van der Waals surface area (Å²) in [7, 11) is 0. The van der Waals surface area contributed by atoms with Gasteiger partial charge in [-0.1, -0.05) is 18.2 Å². The molecule has 3 aromatic rings. The standard InChI is InChI=1S/C19H25N5O/c20-10-4-6-12-24(19(25)13-15-7-3-5-11-21-15)14-18-22-16-8-1-2-9-17(16)23-18/h1-3,5,7-9,11,19,25H,4,6,10,12-14,20H2,(H,22,23). The van der Waals surface area contributed by atoms with Crippen LogP contribution in [0.1, 0.15) is 24.4 Å². The number of hydrogen-bond acceptors (Lipinski definition) is 5. The summed E-state index contributed by atoms with van der Waals surface area (Å²) in [5.74, 6) is 0.856. The summed E-state index contributed by atoms with van der Waals surface area (Å²) in [4.78, 5) is 14.3. The minimum Gasteiger partial charge on any atom is -0.378 e. The summed E-state index contributed by atoms with van der Waals surface area (Å²) in [6, 6.07) is 13.7. The number of pyridine rings is 1. The lowest BCUT2D eigenvalue weighted by Gasteiger charge is -2.27. The molecule has 2 aromatic heterocycles. The van der Waals surface area contributed by atoms with Crippen molar-refractivity contribution in [3.05, 3.63) is 60.2 Å². The van der Waals surface area contributed by atoms with Gasteiger partial charge in [0, 0.05) is 24.9 Å². The van der Waals surface area contributed by atoms with Gasteiger partial charge in [-0.15, -0.1) is 0 Å². The summed E-state index contributed by atoms with van der Waals surface area (Å²) in [6.07, 6.45) is 3.51. The van der Waals surface area contributed by atoms with Gasteiger partial charge in [0.25, 0.3) is 0 Å². The topological polar surface area (TPSA) is 91.1 Å². The summed E-state index contributed by atoms with van der Waals surface area (Å²) >= 11 is 0. The van der Waals surface area contributed by atoms with Crippen LogP contribution in [0.5, 0.6) is 0 Å². The van der Waals surface area contributed by atoms with Gasteiger partial charge >= 0.3 is 0 Å². The maximum absolute atomic E-state index is 10.7. The molecule has 1 aromatic carbocycles. The number of para-hydroxylation sites is 2. The molecule has 0 spiro atoms. The molecule has 2 heterocycles. The van der Waals surface area contributed by atoms with Crippen molar-refractivity contribution in [1.29, 1.82) is 0 Å². The number of hydrogen-bond donors (Lipinski definition) is 3. The first-order valence-corrected chi connectivity index (χ1v) is 8.72. The molecule has 6 nitrogen and oxygen atoms in total. The van der Waals surface area contributed by atoms with E-state index in [0.29, 0.717) is 19.5 Å². The van der Waals surface area contributed by atoms with Gasteiger partial charge in [-0.05, 0) is 43.7 Å². The highest BCUT2D eigenvalue weighted by atomic mass is 16.3. The number of fused-ring (bicyclic) bond motifs is 1. The van der Waals surface area contributed by atoms with Crippen LogP contribution in [0.2, 0.25) is 0 Å². The minimum atomic E-state index is -0.610. The van der Waals surface area contributed by atoms with Crippen molar-refractivity contribution in [2.24, 2.45) is 5.73 Å². The van der Waals surface area contributed by atoms with Crippen LogP contribution in [0.15, 0.2) is 48.7 Å². The SMILES string of the molecule is NCCCCN(Cc1nc2ccccc2[nH]1)C(O)Cc1ccccn1. The third-order valence-electron chi connectivity index (χ3n) is 4.23. The maximum atomic E-state index is 10.7. The Morgan fingerprint density at radius 3 is 2.72 bits per heavy atom. The van der Waals surface area contributed by atoms with E-state index >= 15 is 0 Å². The van der Waals surface area contributed by atoms with E-state index in [1.165, 1.54) is 0 Å². The Labute approximate surface area is 147 Å². The molecule has 1 unspecified atom stereocenters. The van der Waals surface area contributed by atoms with Crippen molar-refractivity contribution >= 4 is 11.0 Å². The molecule has 0 aliphatic carbocycles. The number of aliphatic hydroxyl groups is 1. The number of nitrogens with two attached hydrogens (primary N) is 1. The zero-order valence-electron chi connectivity index (χ0n) is 14.3. The van der Waals surface area contributed by atoms with Gasteiger partial charge in [-0.25, -0.2) is 4.98 Å². The second-order valence-corrected chi connectivity index (χ2v) is 6.17. The molecular weight excluding hydrogens is 314 g/mol. The third-order valence-corrected chi connectivity index (χ3v) is 4.23. The number of nitrogens with one attached hydrogen (secondary N) is 1. The summed E-state index contributed by atoms with van der Waals surface area (Å²) in [5, 5.41) is 10.7. The molecule has 132 valence electrons. The molecule has 1 atom stereocenters. The smallest absolute Gasteiger partial charge is 0.121 e. The second kappa shape index (κ2) is 8.71. The summed E-state index contributed by atoms with van der Waals surface area (Å²) in [5.41, 5.74) is 8.44. The highest BCUT2D eigenvalue weighted by molar-refractivity contribution is 5.74. The average molecular weight is 339 g/mol. The number of aliphatic hydroxyl groups excluding tert-OH is 1. The van der Waals surface area contributed by atoms with Crippen molar-refractivity contribution < 1.29 is 5.11 Å². The van der Waals surface area contributed by atoms with Gasteiger partial charge < -0.3 is 15.8 Å². The predicted octanol–water partition coefficient (Wildman–Crippen LogP) is 2.06. The molecule has 0 saturated carbocycles. The zero-order valence-corrected chi connectivity index (χ0v) is 14.3. The van der Waals surface area contributed by atoms with E-state index in [2.05, 4.69) is 15.0 Å². The Morgan fingerprint density at radius 1 is 1.12 bits per heavy atom. The Morgan fingerprint density at radius 2 is 1.96 bits per heavy atom. The molecule has 3 rings (SSSR count). The van der Waals surface area contributed by atoms with Gasteiger partial charge in [0.2, 0.25) is 0 Å². The van der Waals surface area contributed by atoms with Gasteiger partial charge in [0.15, 0.2) is 0 Å². The number of unbranched alkanes of at least 4 members (excludes halogenated alkanes) is 1. The van der Waals surface area contributed by atoms with Crippen molar-refractivity contribution in [3.63, 3.8) is 0 Å². The van der Waals surface area contributed by atoms with Crippen LogP contribution in [-0.4, -0.2) is 44.3 Å². The van der Waals surface area contributed by atoms with E-state index in [-0.39, 0.29) is 0 Å². The van der Waals surface area contributed by atoms with Gasteiger partial charge in [0.05, 0.1) is 17.6 Å². The van der Waals surface area contributed by atoms with E-state index in [0.717, 1.165) is 41.9 Å². The largest absolute Gasteiger partial charge is 0.378 e. The molecule has 0 fully saturated rings. The van der Waals surface area contributed by atoms with E-state index in [1.807, 2.05) is 47.4 Å².